The van der Waals surface area contributed by atoms with Crippen LogP contribution in [-0.2, 0) is 19.3 Å². The van der Waals surface area contributed by atoms with Crippen molar-refractivity contribution < 1.29 is 13.7 Å². The summed E-state index contributed by atoms with van der Waals surface area (Å²) >= 11 is 0. The molecule has 0 N–H and O–H groups in total. The Bertz CT molecular complexity index is 738. The third kappa shape index (κ3) is 2.95. The Kier molecular flexibility index (Phi) is 4.08. The number of likely N-dealkylation sites (tertiary alicyclic amines) is 1. The van der Waals surface area contributed by atoms with Crippen LogP contribution in [-0.4, -0.2) is 29.1 Å². The first-order valence-corrected chi connectivity index (χ1v) is 8.72. The predicted molar refractivity (Wildman–Crippen MR) is 87.3 cm³/mol. The molecule has 4 rings (SSSR count). The van der Waals surface area contributed by atoms with Gasteiger partial charge >= 0.3 is 0 Å². The Morgan fingerprint density at radius 3 is 2.88 bits per heavy atom. The molecule has 1 fully saturated rings. The van der Waals surface area contributed by atoms with E-state index < -0.39 is 0 Å². The maximum Gasteiger partial charge on any atom is 0.276 e. The zero-order valence-electron chi connectivity index (χ0n) is 13.6. The van der Waals surface area contributed by atoms with Crippen molar-refractivity contribution >= 4 is 5.91 Å². The van der Waals surface area contributed by atoms with Gasteiger partial charge in [-0.15, -0.1) is 0 Å². The molecule has 2 aromatic rings. The Morgan fingerprint density at radius 1 is 1.25 bits per heavy atom. The summed E-state index contributed by atoms with van der Waals surface area (Å²) in [6, 6.07) is 6.64. The van der Waals surface area contributed by atoms with Crippen molar-refractivity contribution in [2.75, 3.05) is 13.1 Å². The Labute approximate surface area is 140 Å². The summed E-state index contributed by atoms with van der Waals surface area (Å²) in [5.41, 5.74) is 2.66. The molecule has 5 heteroatoms. The molecule has 0 saturated carbocycles. The predicted octanol–water partition coefficient (Wildman–Crippen LogP) is 3.40. The lowest BCUT2D eigenvalue weighted by Crippen LogP contribution is -2.30. The molecule has 4 nitrogen and oxygen atoms in total. The van der Waals surface area contributed by atoms with E-state index in [1.807, 2.05) is 17.0 Å². The highest BCUT2D eigenvalue weighted by Gasteiger charge is 2.32. The highest BCUT2D eigenvalue weighted by atomic mass is 19.1. The number of benzene rings is 1. The molecule has 2 heterocycles. The Morgan fingerprint density at radius 2 is 2.04 bits per heavy atom. The smallest absolute Gasteiger partial charge is 0.276 e. The molecular weight excluding hydrogens is 307 g/mol. The second-order valence-corrected chi connectivity index (χ2v) is 6.88. The van der Waals surface area contributed by atoms with Crippen LogP contribution in [0.2, 0.25) is 0 Å². The first kappa shape index (κ1) is 15.4. The average molecular weight is 328 g/mol. The summed E-state index contributed by atoms with van der Waals surface area (Å²) in [7, 11) is 0. The average Bonchev–Trinajstić information content (AvgIpc) is 3.23. The molecule has 2 aliphatic rings. The number of fused-ring (bicyclic) bond motifs is 1. The fraction of sp³-hybridized carbons (Fsp3) is 0.474. The molecule has 1 aromatic heterocycles. The normalized spacial score (nSPS) is 20.2. The molecule has 126 valence electrons. The largest absolute Gasteiger partial charge is 0.360 e. The van der Waals surface area contributed by atoms with Gasteiger partial charge in [0.15, 0.2) is 5.69 Å². The molecule has 1 unspecified atom stereocenters. The molecule has 1 aliphatic carbocycles. The molecule has 0 bridgehead atoms. The van der Waals surface area contributed by atoms with Crippen molar-refractivity contribution in [3.05, 3.63) is 52.7 Å². The molecule has 0 radical (unpaired) electrons. The van der Waals surface area contributed by atoms with Gasteiger partial charge in [0.05, 0.1) is 0 Å². The number of carbonyl (C=O) groups is 1. The van der Waals surface area contributed by atoms with Gasteiger partial charge in [-0.05, 0) is 55.7 Å². The van der Waals surface area contributed by atoms with Crippen LogP contribution in [0.5, 0.6) is 0 Å². The standard InChI is InChI=1S/C19H21FN2O2/c20-15-7-5-13(6-8-15)11-14-9-10-22(12-14)19(23)18-16-3-1-2-4-17(16)24-21-18/h5-8,14H,1-4,9-12H2. The minimum absolute atomic E-state index is 0.00325. The summed E-state index contributed by atoms with van der Waals surface area (Å²) in [4.78, 5) is 14.7. The van der Waals surface area contributed by atoms with E-state index in [4.69, 9.17) is 4.52 Å². The first-order valence-electron chi connectivity index (χ1n) is 8.72. The van der Waals surface area contributed by atoms with Crippen LogP contribution in [0.3, 0.4) is 0 Å². The third-order valence-electron chi connectivity index (χ3n) is 5.16. The Hall–Kier alpha value is -2.17. The Balaban J connectivity index is 1.42. The molecule has 1 aromatic carbocycles. The molecule has 1 aliphatic heterocycles. The van der Waals surface area contributed by atoms with Gasteiger partial charge in [0, 0.05) is 25.1 Å². The van der Waals surface area contributed by atoms with Gasteiger partial charge in [0.2, 0.25) is 0 Å². The molecule has 1 atom stereocenters. The van der Waals surface area contributed by atoms with Gasteiger partial charge in [-0.1, -0.05) is 17.3 Å². The number of carbonyl (C=O) groups excluding carboxylic acids is 1. The monoisotopic (exact) mass is 328 g/mol. The molecule has 0 spiro atoms. The van der Waals surface area contributed by atoms with E-state index in [-0.39, 0.29) is 11.7 Å². The lowest BCUT2D eigenvalue weighted by Gasteiger charge is -2.16. The third-order valence-corrected chi connectivity index (χ3v) is 5.16. The summed E-state index contributed by atoms with van der Waals surface area (Å²) in [6.07, 6.45) is 5.85. The van der Waals surface area contributed by atoms with E-state index in [1.165, 1.54) is 12.1 Å². The van der Waals surface area contributed by atoms with E-state index in [1.54, 1.807) is 0 Å². The first-order chi connectivity index (χ1) is 11.7. The number of aromatic nitrogens is 1. The highest BCUT2D eigenvalue weighted by molar-refractivity contribution is 5.94. The maximum atomic E-state index is 13.0. The fourth-order valence-corrected chi connectivity index (χ4v) is 3.84. The van der Waals surface area contributed by atoms with Crippen LogP contribution >= 0.6 is 0 Å². The number of hydrogen-bond acceptors (Lipinski definition) is 3. The minimum atomic E-state index is -0.210. The number of rotatable bonds is 3. The zero-order chi connectivity index (χ0) is 16.5. The highest BCUT2D eigenvalue weighted by Crippen LogP contribution is 2.27. The van der Waals surface area contributed by atoms with Gasteiger partial charge in [-0.2, -0.15) is 0 Å². The van der Waals surface area contributed by atoms with Gasteiger partial charge in [0.1, 0.15) is 11.6 Å². The SMILES string of the molecule is O=C(c1noc2c1CCCC2)N1CCC(Cc2ccc(F)cc2)C1. The summed E-state index contributed by atoms with van der Waals surface area (Å²) in [5.74, 6) is 1.11. The summed E-state index contributed by atoms with van der Waals surface area (Å²) in [6.45, 7) is 1.49. The van der Waals surface area contributed by atoms with Crippen molar-refractivity contribution in [1.29, 1.82) is 0 Å². The maximum absolute atomic E-state index is 13.0. The van der Waals surface area contributed by atoms with Crippen molar-refractivity contribution in [2.24, 2.45) is 5.92 Å². The molecule has 1 saturated heterocycles. The number of hydrogen-bond donors (Lipinski definition) is 0. The lowest BCUT2D eigenvalue weighted by molar-refractivity contribution is 0.0776. The van der Waals surface area contributed by atoms with Gasteiger partial charge < -0.3 is 9.42 Å². The number of aryl methyl sites for hydroxylation is 1. The van der Waals surface area contributed by atoms with Crippen molar-refractivity contribution in [3.8, 4) is 0 Å². The second kappa shape index (κ2) is 6.38. The van der Waals surface area contributed by atoms with Gasteiger partial charge in [-0.25, -0.2) is 4.39 Å². The fourth-order valence-electron chi connectivity index (χ4n) is 3.84. The van der Waals surface area contributed by atoms with Crippen molar-refractivity contribution in [3.63, 3.8) is 0 Å². The van der Waals surface area contributed by atoms with Crippen LogP contribution < -0.4 is 0 Å². The van der Waals surface area contributed by atoms with Crippen molar-refractivity contribution in [1.82, 2.24) is 10.1 Å². The van der Waals surface area contributed by atoms with E-state index >= 15 is 0 Å². The van der Waals surface area contributed by atoms with E-state index in [0.29, 0.717) is 11.6 Å². The van der Waals surface area contributed by atoms with E-state index in [0.717, 1.165) is 68.5 Å². The van der Waals surface area contributed by atoms with Crippen LogP contribution in [0, 0.1) is 11.7 Å². The number of nitrogens with zero attached hydrogens (tertiary/aromatic N) is 2. The van der Waals surface area contributed by atoms with Crippen LogP contribution in [0.1, 0.15) is 46.6 Å². The second-order valence-electron chi connectivity index (χ2n) is 6.88. The van der Waals surface area contributed by atoms with Gasteiger partial charge in [-0.3, -0.25) is 4.79 Å². The van der Waals surface area contributed by atoms with Crippen LogP contribution in [0.25, 0.3) is 0 Å². The van der Waals surface area contributed by atoms with E-state index in [9.17, 15) is 9.18 Å². The minimum Gasteiger partial charge on any atom is -0.360 e. The number of halogens is 1. The topological polar surface area (TPSA) is 46.3 Å². The summed E-state index contributed by atoms with van der Waals surface area (Å²) in [5, 5.41) is 4.05. The molecule has 1 amide bonds. The van der Waals surface area contributed by atoms with Crippen LogP contribution in [0.15, 0.2) is 28.8 Å². The van der Waals surface area contributed by atoms with Gasteiger partial charge in [0.25, 0.3) is 5.91 Å². The molecule has 24 heavy (non-hydrogen) atoms. The molecular formula is C19H21FN2O2. The van der Waals surface area contributed by atoms with Crippen LogP contribution in [0.4, 0.5) is 4.39 Å². The quantitative estimate of drug-likeness (QED) is 0.867. The summed E-state index contributed by atoms with van der Waals surface area (Å²) < 4.78 is 18.4. The van der Waals surface area contributed by atoms with Crippen molar-refractivity contribution in [2.45, 2.75) is 38.5 Å². The van der Waals surface area contributed by atoms with E-state index in [2.05, 4.69) is 5.16 Å². The lowest BCUT2D eigenvalue weighted by atomic mass is 9.96. The zero-order valence-corrected chi connectivity index (χ0v) is 13.6. The number of amides is 1.